The molecular weight excluding hydrogens is 352 g/mol. The predicted octanol–water partition coefficient (Wildman–Crippen LogP) is 5.44. The van der Waals surface area contributed by atoms with Gasteiger partial charge in [0.1, 0.15) is 6.10 Å². The molecular formula is C21H29ClO4. The van der Waals surface area contributed by atoms with Crippen molar-refractivity contribution in [2.45, 2.75) is 77.3 Å². The van der Waals surface area contributed by atoms with E-state index in [-0.39, 0.29) is 18.2 Å². The number of carbonyl (C=O) groups excluding carboxylic acids is 1. The summed E-state index contributed by atoms with van der Waals surface area (Å²) < 4.78 is 18.3. The Bertz CT molecular complexity index is 631. The molecule has 0 bridgehead atoms. The second-order valence-electron chi connectivity index (χ2n) is 8.36. The molecule has 1 spiro atoms. The number of rotatable bonds is 4. The van der Waals surface area contributed by atoms with E-state index in [1.54, 1.807) is 0 Å². The minimum Gasteiger partial charge on any atom is -0.465 e. The summed E-state index contributed by atoms with van der Waals surface area (Å²) in [6.07, 6.45) is 5.47. The summed E-state index contributed by atoms with van der Waals surface area (Å²) in [6.45, 7) is 5.89. The molecule has 4 nitrogen and oxygen atoms in total. The molecule has 5 heteroatoms. The Morgan fingerprint density at radius 3 is 2.54 bits per heavy atom. The number of hydrogen-bond acceptors (Lipinski definition) is 4. The van der Waals surface area contributed by atoms with Gasteiger partial charge in [-0.25, -0.2) is 0 Å². The number of halogens is 1. The van der Waals surface area contributed by atoms with Crippen LogP contribution in [0.15, 0.2) is 24.3 Å². The Balaban J connectivity index is 1.72. The third-order valence-electron chi connectivity index (χ3n) is 5.12. The van der Waals surface area contributed by atoms with E-state index < -0.39 is 11.2 Å². The van der Waals surface area contributed by atoms with Crippen LogP contribution in [0, 0.1) is 5.41 Å². The molecule has 2 atom stereocenters. The fourth-order valence-corrected chi connectivity index (χ4v) is 3.91. The van der Waals surface area contributed by atoms with Crippen molar-refractivity contribution in [1.29, 1.82) is 0 Å². The lowest BCUT2D eigenvalue weighted by Crippen LogP contribution is -2.33. The largest absolute Gasteiger partial charge is 0.465 e. The lowest BCUT2D eigenvalue weighted by molar-refractivity contribution is -0.195. The maximum absolute atomic E-state index is 12.0. The summed E-state index contributed by atoms with van der Waals surface area (Å²) in [5.74, 6) is -0.709. The predicted molar refractivity (Wildman–Crippen MR) is 101 cm³/mol. The summed E-state index contributed by atoms with van der Waals surface area (Å²) in [5, 5.41) is 0.686. The number of esters is 1. The fraction of sp³-hybridized carbons (Fsp3) is 0.667. The highest BCUT2D eigenvalue weighted by Crippen LogP contribution is 2.48. The van der Waals surface area contributed by atoms with Crippen molar-refractivity contribution < 1.29 is 19.0 Å². The summed E-state index contributed by atoms with van der Waals surface area (Å²) in [7, 11) is 0. The lowest BCUT2D eigenvalue weighted by atomic mass is 9.94. The van der Waals surface area contributed by atoms with E-state index in [1.807, 2.05) is 45.0 Å². The van der Waals surface area contributed by atoms with Crippen molar-refractivity contribution in [3.63, 3.8) is 0 Å². The van der Waals surface area contributed by atoms with E-state index >= 15 is 0 Å². The second kappa shape index (κ2) is 7.87. The molecule has 26 heavy (non-hydrogen) atoms. The van der Waals surface area contributed by atoms with Gasteiger partial charge in [0, 0.05) is 29.8 Å². The molecule has 1 heterocycles. The Morgan fingerprint density at radius 2 is 1.88 bits per heavy atom. The van der Waals surface area contributed by atoms with Gasteiger partial charge in [0.2, 0.25) is 0 Å². The topological polar surface area (TPSA) is 44.8 Å². The first kappa shape index (κ1) is 19.7. The van der Waals surface area contributed by atoms with Crippen molar-refractivity contribution in [2.75, 3.05) is 6.61 Å². The van der Waals surface area contributed by atoms with E-state index in [9.17, 15) is 4.79 Å². The molecule has 144 valence electrons. The van der Waals surface area contributed by atoms with E-state index in [4.69, 9.17) is 25.8 Å². The summed E-state index contributed by atoms with van der Waals surface area (Å²) in [4.78, 5) is 12.0. The third-order valence-corrected chi connectivity index (χ3v) is 5.46. The van der Waals surface area contributed by atoms with Crippen molar-refractivity contribution in [1.82, 2.24) is 0 Å². The summed E-state index contributed by atoms with van der Waals surface area (Å²) >= 11 is 6.42. The van der Waals surface area contributed by atoms with E-state index in [1.165, 1.54) is 6.42 Å². The molecule has 0 N–H and O–H groups in total. The third kappa shape index (κ3) is 4.41. The molecule has 1 saturated carbocycles. The van der Waals surface area contributed by atoms with E-state index in [2.05, 4.69) is 0 Å². The highest BCUT2D eigenvalue weighted by Gasteiger charge is 2.48. The minimum atomic E-state index is -0.513. The molecule has 0 aromatic heterocycles. The van der Waals surface area contributed by atoms with E-state index in [0.29, 0.717) is 18.1 Å². The number of benzene rings is 1. The molecule has 1 aromatic rings. The molecule has 3 rings (SSSR count). The van der Waals surface area contributed by atoms with Gasteiger partial charge in [0.25, 0.3) is 0 Å². The molecule has 1 aliphatic heterocycles. The Morgan fingerprint density at radius 1 is 1.19 bits per heavy atom. The number of ether oxygens (including phenoxy) is 3. The van der Waals surface area contributed by atoms with Crippen molar-refractivity contribution in [3.8, 4) is 0 Å². The Kier molecular flexibility index (Phi) is 5.95. The first-order chi connectivity index (χ1) is 12.3. The van der Waals surface area contributed by atoms with Crippen LogP contribution in [-0.4, -0.2) is 24.5 Å². The van der Waals surface area contributed by atoms with E-state index in [0.717, 1.165) is 31.2 Å². The second-order valence-corrected chi connectivity index (χ2v) is 8.77. The maximum atomic E-state index is 12.0. The van der Waals surface area contributed by atoms with Crippen LogP contribution in [0.5, 0.6) is 0 Å². The van der Waals surface area contributed by atoms with Crippen molar-refractivity contribution in [3.05, 3.63) is 34.9 Å². The van der Waals surface area contributed by atoms with Crippen molar-refractivity contribution >= 4 is 17.6 Å². The Hall–Kier alpha value is -1.10. The zero-order valence-electron chi connectivity index (χ0n) is 15.9. The SMILES string of the molecule is CC(C)(C)C(=O)OCC[C@@H]1OC2(CCCCC2)O[C@H]1c1ccccc1Cl. The molecule has 1 saturated heterocycles. The smallest absolute Gasteiger partial charge is 0.311 e. The zero-order valence-corrected chi connectivity index (χ0v) is 16.7. The van der Waals surface area contributed by atoms with Crippen LogP contribution in [0.25, 0.3) is 0 Å². The van der Waals surface area contributed by atoms with Gasteiger partial charge in [0.05, 0.1) is 18.1 Å². The van der Waals surface area contributed by atoms with Gasteiger partial charge in [-0.15, -0.1) is 0 Å². The normalized spacial score (nSPS) is 25.4. The highest BCUT2D eigenvalue weighted by atomic mass is 35.5. The van der Waals surface area contributed by atoms with Crippen LogP contribution in [-0.2, 0) is 19.0 Å². The molecule has 0 radical (unpaired) electrons. The van der Waals surface area contributed by atoms with Gasteiger partial charge in [-0.05, 0) is 39.7 Å². The number of hydrogen-bond donors (Lipinski definition) is 0. The van der Waals surface area contributed by atoms with Crippen LogP contribution in [0.1, 0.15) is 71.0 Å². The monoisotopic (exact) mass is 380 g/mol. The standard InChI is InChI=1S/C21H29ClO4/c1-20(2,3)19(23)24-14-11-17-18(15-9-5-6-10-16(15)22)26-21(25-17)12-7-4-8-13-21/h5-6,9-10,17-18H,4,7-8,11-14H2,1-3H3/t17-,18-/m0/s1. The first-order valence-corrected chi connectivity index (χ1v) is 9.96. The van der Waals surface area contributed by atoms with Crippen LogP contribution in [0.2, 0.25) is 5.02 Å². The molecule has 1 aliphatic carbocycles. The van der Waals surface area contributed by atoms with Crippen LogP contribution >= 0.6 is 11.6 Å². The molecule has 1 aromatic carbocycles. The maximum Gasteiger partial charge on any atom is 0.311 e. The molecule has 0 amide bonds. The Labute approximate surface area is 161 Å². The highest BCUT2D eigenvalue weighted by molar-refractivity contribution is 6.31. The lowest BCUT2D eigenvalue weighted by Gasteiger charge is -2.32. The minimum absolute atomic E-state index is 0.166. The molecule has 0 unspecified atom stereocenters. The summed E-state index contributed by atoms with van der Waals surface area (Å²) in [5.41, 5.74) is 0.448. The van der Waals surface area contributed by atoms with Gasteiger partial charge in [0.15, 0.2) is 5.79 Å². The molecule has 2 aliphatic rings. The van der Waals surface area contributed by atoms with Crippen molar-refractivity contribution in [2.24, 2.45) is 5.41 Å². The van der Waals surface area contributed by atoms with Gasteiger partial charge in [-0.3, -0.25) is 4.79 Å². The number of carbonyl (C=O) groups is 1. The average Bonchev–Trinajstić information content (AvgIpc) is 2.93. The first-order valence-electron chi connectivity index (χ1n) is 9.58. The summed E-state index contributed by atoms with van der Waals surface area (Å²) in [6, 6.07) is 7.75. The molecule has 2 fully saturated rings. The van der Waals surface area contributed by atoms with Gasteiger partial charge < -0.3 is 14.2 Å². The van der Waals surface area contributed by atoms with Crippen LogP contribution in [0.3, 0.4) is 0 Å². The van der Waals surface area contributed by atoms with Crippen LogP contribution < -0.4 is 0 Å². The van der Waals surface area contributed by atoms with Crippen LogP contribution in [0.4, 0.5) is 0 Å². The van der Waals surface area contributed by atoms with Gasteiger partial charge in [-0.1, -0.05) is 36.2 Å². The van der Waals surface area contributed by atoms with Gasteiger partial charge >= 0.3 is 5.97 Å². The average molecular weight is 381 g/mol. The quantitative estimate of drug-likeness (QED) is 0.652. The fourth-order valence-electron chi connectivity index (χ4n) is 3.66. The van der Waals surface area contributed by atoms with Gasteiger partial charge in [-0.2, -0.15) is 0 Å². The zero-order chi connectivity index (χ0) is 18.8.